The van der Waals surface area contributed by atoms with Crippen LogP contribution in [0.5, 0.6) is 5.75 Å². The lowest BCUT2D eigenvalue weighted by atomic mass is 10.1. The van der Waals surface area contributed by atoms with Crippen LogP contribution in [0.4, 0.5) is 5.69 Å². The Morgan fingerprint density at radius 3 is 2.57 bits per heavy atom. The third-order valence-electron chi connectivity index (χ3n) is 3.02. The first-order valence-corrected chi connectivity index (χ1v) is 6.99. The van der Waals surface area contributed by atoms with E-state index in [4.69, 9.17) is 16.3 Å². The summed E-state index contributed by atoms with van der Waals surface area (Å²) in [7, 11) is 0. The molecule has 1 aromatic carbocycles. The number of anilines is 1. The van der Waals surface area contributed by atoms with Gasteiger partial charge < -0.3 is 10.1 Å². The number of hydrogen-bond donors (Lipinski definition) is 1. The number of carbonyl (C=O) groups excluding carboxylic acids is 1. The molecule has 0 unspecified atom stereocenters. The third-order valence-corrected chi connectivity index (χ3v) is 3.62. The number of halogens is 1. The van der Waals surface area contributed by atoms with Crippen molar-refractivity contribution >= 4 is 23.2 Å². The number of aryl methyl sites for hydroxylation is 2. The predicted octanol–water partition coefficient (Wildman–Crippen LogP) is 3.76. The van der Waals surface area contributed by atoms with Crippen molar-refractivity contribution in [3.05, 3.63) is 52.8 Å². The van der Waals surface area contributed by atoms with Crippen LogP contribution in [0.15, 0.2) is 36.7 Å². The monoisotopic (exact) mass is 304 g/mol. The fraction of sp³-hybridized carbons (Fsp3) is 0.250. The second-order valence-electron chi connectivity index (χ2n) is 4.86. The van der Waals surface area contributed by atoms with Crippen molar-refractivity contribution in [1.29, 1.82) is 0 Å². The lowest BCUT2D eigenvalue weighted by molar-refractivity contribution is -0.122. The van der Waals surface area contributed by atoms with Crippen molar-refractivity contribution < 1.29 is 9.53 Å². The summed E-state index contributed by atoms with van der Waals surface area (Å²) in [6.07, 6.45) is 2.61. The number of rotatable bonds is 4. The first-order valence-electron chi connectivity index (χ1n) is 6.61. The lowest BCUT2D eigenvalue weighted by Crippen LogP contribution is -2.30. The molecule has 1 N–H and O–H groups in total. The Labute approximate surface area is 129 Å². The molecule has 110 valence electrons. The maximum atomic E-state index is 12.1. The van der Waals surface area contributed by atoms with Gasteiger partial charge in [0.2, 0.25) is 0 Å². The van der Waals surface area contributed by atoms with E-state index in [-0.39, 0.29) is 5.91 Å². The zero-order valence-corrected chi connectivity index (χ0v) is 12.9. The molecule has 1 aromatic heterocycles. The minimum Gasteiger partial charge on any atom is -0.481 e. The van der Waals surface area contributed by atoms with Gasteiger partial charge in [-0.1, -0.05) is 11.6 Å². The highest BCUT2D eigenvalue weighted by atomic mass is 35.5. The van der Waals surface area contributed by atoms with Gasteiger partial charge in [-0.15, -0.1) is 0 Å². The molecule has 0 saturated heterocycles. The normalized spacial score (nSPS) is 11.8. The minimum atomic E-state index is -0.620. The van der Waals surface area contributed by atoms with Crippen LogP contribution in [0.2, 0.25) is 5.02 Å². The number of aromatic nitrogens is 1. The first kappa shape index (κ1) is 15.3. The summed E-state index contributed by atoms with van der Waals surface area (Å²) in [5.41, 5.74) is 2.49. The molecule has 0 spiro atoms. The summed E-state index contributed by atoms with van der Waals surface area (Å²) in [5.74, 6) is 0.400. The average Bonchev–Trinajstić information content (AvgIpc) is 2.45. The SMILES string of the molecule is Cc1cc(O[C@H](C)C(=O)Nc2cccnc2)cc(C)c1Cl. The second kappa shape index (κ2) is 6.59. The van der Waals surface area contributed by atoms with Crippen LogP contribution < -0.4 is 10.1 Å². The van der Waals surface area contributed by atoms with E-state index in [1.165, 1.54) is 0 Å². The van der Waals surface area contributed by atoms with E-state index in [1.54, 1.807) is 31.5 Å². The van der Waals surface area contributed by atoms with Gasteiger partial charge in [0.15, 0.2) is 6.10 Å². The van der Waals surface area contributed by atoms with E-state index >= 15 is 0 Å². The molecule has 21 heavy (non-hydrogen) atoms. The van der Waals surface area contributed by atoms with Gasteiger partial charge in [-0.2, -0.15) is 0 Å². The molecule has 0 saturated carbocycles. The maximum absolute atomic E-state index is 12.1. The van der Waals surface area contributed by atoms with Crippen LogP contribution in [-0.4, -0.2) is 17.0 Å². The van der Waals surface area contributed by atoms with Crippen molar-refractivity contribution in [2.75, 3.05) is 5.32 Å². The van der Waals surface area contributed by atoms with Gasteiger partial charge in [0, 0.05) is 11.2 Å². The van der Waals surface area contributed by atoms with Crippen molar-refractivity contribution in [1.82, 2.24) is 4.98 Å². The Kier molecular flexibility index (Phi) is 4.81. The van der Waals surface area contributed by atoms with Gasteiger partial charge in [0.1, 0.15) is 5.75 Å². The number of hydrogen-bond acceptors (Lipinski definition) is 3. The molecule has 2 rings (SSSR count). The summed E-state index contributed by atoms with van der Waals surface area (Å²) in [4.78, 5) is 16.0. The molecule has 4 nitrogen and oxygen atoms in total. The van der Waals surface area contributed by atoms with E-state index in [9.17, 15) is 4.79 Å². The molecule has 5 heteroatoms. The van der Waals surface area contributed by atoms with Gasteiger partial charge in [-0.25, -0.2) is 0 Å². The summed E-state index contributed by atoms with van der Waals surface area (Å²) in [5, 5.41) is 3.47. The summed E-state index contributed by atoms with van der Waals surface area (Å²) in [6.45, 7) is 5.51. The molecule has 1 amide bonds. The highest BCUT2D eigenvalue weighted by molar-refractivity contribution is 6.32. The van der Waals surface area contributed by atoms with E-state index in [0.29, 0.717) is 11.4 Å². The summed E-state index contributed by atoms with van der Waals surface area (Å²) in [6, 6.07) is 7.17. The molecule has 0 aliphatic carbocycles. The van der Waals surface area contributed by atoms with Crippen LogP contribution in [-0.2, 0) is 4.79 Å². The zero-order valence-electron chi connectivity index (χ0n) is 12.2. The van der Waals surface area contributed by atoms with Crippen molar-refractivity contribution in [3.8, 4) is 5.75 Å². The van der Waals surface area contributed by atoms with Crippen LogP contribution in [0.1, 0.15) is 18.1 Å². The predicted molar refractivity (Wildman–Crippen MR) is 83.9 cm³/mol. The summed E-state index contributed by atoms with van der Waals surface area (Å²) < 4.78 is 5.67. The van der Waals surface area contributed by atoms with Crippen molar-refractivity contribution in [2.45, 2.75) is 26.9 Å². The number of nitrogens with zero attached hydrogens (tertiary/aromatic N) is 1. The fourth-order valence-corrected chi connectivity index (χ4v) is 2.02. The highest BCUT2D eigenvalue weighted by Gasteiger charge is 2.15. The van der Waals surface area contributed by atoms with Gasteiger partial charge in [0.25, 0.3) is 5.91 Å². The number of nitrogens with one attached hydrogen (secondary N) is 1. The maximum Gasteiger partial charge on any atom is 0.265 e. The van der Waals surface area contributed by atoms with Gasteiger partial charge in [-0.3, -0.25) is 9.78 Å². The number of ether oxygens (including phenoxy) is 1. The number of amides is 1. The molecule has 0 aliphatic heterocycles. The molecule has 0 fully saturated rings. The molecular weight excluding hydrogens is 288 g/mol. The standard InChI is InChI=1S/C16H17ClN2O2/c1-10-7-14(8-11(2)15(10)17)21-12(3)16(20)19-13-5-4-6-18-9-13/h4-9,12H,1-3H3,(H,19,20)/t12-/m1/s1. The zero-order chi connectivity index (χ0) is 15.4. The number of pyridine rings is 1. The lowest BCUT2D eigenvalue weighted by Gasteiger charge is -2.16. The largest absolute Gasteiger partial charge is 0.481 e. The molecule has 1 heterocycles. The van der Waals surface area contributed by atoms with Gasteiger partial charge >= 0.3 is 0 Å². The molecule has 0 aliphatic rings. The van der Waals surface area contributed by atoms with Gasteiger partial charge in [0.05, 0.1) is 11.9 Å². The van der Waals surface area contributed by atoms with Crippen LogP contribution in [0.25, 0.3) is 0 Å². The summed E-state index contributed by atoms with van der Waals surface area (Å²) >= 11 is 6.11. The molecular formula is C16H17ClN2O2. The van der Waals surface area contributed by atoms with Crippen molar-refractivity contribution in [3.63, 3.8) is 0 Å². The topological polar surface area (TPSA) is 51.2 Å². The molecule has 0 radical (unpaired) electrons. The number of carbonyl (C=O) groups is 1. The van der Waals surface area contributed by atoms with Gasteiger partial charge in [-0.05, 0) is 56.2 Å². The van der Waals surface area contributed by atoms with Crippen LogP contribution in [0.3, 0.4) is 0 Å². The van der Waals surface area contributed by atoms with E-state index in [0.717, 1.165) is 16.1 Å². The van der Waals surface area contributed by atoms with E-state index in [2.05, 4.69) is 10.3 Å². The minimum absolute atomic E-state index is 0.228. The Hall–Kier alpha value is -2.07. The Morgan fingerprint density at radius 1 is 1.33 bits per heavy atom. The third kappa shape index (κ3) is 3.95. The average molecular weight is 305 g/mol. The Morgan fingerprint density at radius 2 is 2.00 bits per heavy atom. The van der Waals surface area contributed by atoms with Crippen LogP contribution in [0, 0.1) is 13.8 Å². The second-order valence-corrected chi connectivity index (χ2v) is 5.24. The molecule has 1 atom stereocenters. The Balaban J connectivity index is 2.04. The van der Waals surface area contributed by atoms with Crippen LogP contribution >= 0.6 is 11.6 Å². The van der Waals surface area contributed by atoms with E-state index < -0.39 is 6.10 Å². The molecule has 2 aromatic rings. The smallest absolute Gasteiger partial charge is 0.265 e. The fourth-order valence-electron chi connectivity index (χ4n) is 1.91. The quantitative estimate of drug-likeness (QED) is 0.935. The molecule has 0 bridgehead atoms. The number of benzene rings is 1. The first-order chi connectivity index (χ1) is 9.97. The highest BCUT2D eigenvalue weighted by Crippen LogP contribution is 2.26. The Bertz CT molecular complexity index is 621. The van der Waals surface area contributed by atoms with E-state index in [1.807, 2.05) is 26.0 Å². The van der Waals surface area contributed by atoms with Crippen molar-refractivity contribution in [2.24, 2.45) is 0 Å².